The minimum atomic E-state index is -3.77. The average Bonchev–Trinajstić information content (AvgIpc) is 2.76. The maximum Gasteiger partial charge on any atom is 0.251 e. The number of rotatable bonds is 11. The van der Waals surface area contributed by atoms with Gasteiger partial charge >= 0.3 is 0 Å². The van der Waals surface area contributed by atoms with Crippen molar-refractivity contribution in [1.29, 1.82) is 0 Å². The Morgan fingerprint density at radius 3 is 2.61 bits per heavy atom. The number of benzene rings is 1. The van der Waals surface area contributed by atoms with E-state index in [2.05, 4.69) is 10.2 Å². The zero-order valence-corrected chi connectivity index (χ0v) is 19.4. The number of nitrogens with zero attached hydrogens (tertiary/aromatic N) is 2. The molecule has 2 rings (SSSR count). The van der Waals surface area contributed by atoms with Crippen molar-refractivity contribution in [2.45, 2.75) is 38.0 Å². The van der Waals surface area contributed by atoms with Gasteiger partial charge in [0.25, 0.3) is 5.91 Å². The Labute approximate surface area is 185 Å². The first-order chi connectivity index (χ1) is 14.7. The lowest BCUT2D eigenvalue weighted by Crippen LogP contribution is -2.42. The number of sulfonamides is 1. The van der Waals surface area contributed by atoms with E-state index >= 15 is 0 Å². The first-order valence-electron chi connectivity index (χ1n) is 10.7. The third-order valence-corrected chi connectivity index (χ3v) is 7.66. The molecule has 0 aromatic heterocycles. The summed E-state index contributed by atoms with van der Waals surface area (Å²) in [5.41, 5.74) is 5.67. The molecule has 0 saturated carbocycles. The fourth-order valence-corrected chi connectivity index (χ4v) is 5.46. The van der Waals surface area contributed by atoms with Crippen LogP contribution >= 0.6 is 0 Å². The van der Waals surface area contributed by atoms with Crippen LogP contribution in [-0.4, -0.2) is 75.8 Å². The maximum absolute atomic E-state index is 12.9. The summed E-state index contributed by atoms with van der Waals surface area (Å²) in [6.45, 7) is 6.96. The van der Waals surface area contributed by atoms with Crippen molar-refractivity contribution in [3.63, 3.8) is 0 Å². The number of carbonyl (C=O) groups excluding carboxylic acids is 2. The number of piperidine rings is 1. The molecule has 2 amide bonds. The molecule has 0 spiro atoms. The van der Waals surface area contributed by atoms with E-state index in [0.717, 1.165) is 32.4 Å². The number of methoxy groups -OCH3 is 1. The quantitative estimate of drug-likeness (QED) is 0.482. The van der Waals surface area contributed by atoms with Crippen LogP contribution in [0.2, 0.25) is 0 Å². The third kappa shape index (κ3) is 6.41. The number of ether oxygens (including phenoxy) is 1. The fraction of sp³-hybridized carbons (Fsp3) is 0.619. The van der Waals surface area contributed by atoms with Gasteiger partial charge in [-0.15, -0.1) is 0 Å². The highest BCUT2D eigenvalue weighted by Crippen LogP contribution is 2.28. The van der Waals surface area contributed by atoms with E-state index in [0.29, 0.717) is 26.2 Å². The topological polar surface area (TPSA) is 122 Å². The summed E-state index contributed by atoms with van der Waals surface area (Å²) in [6.07, 6.45) is 2.49. The number of nitrogens with two attached hydrogens (primary N) is 1. The molecular weight excluding hydrogens is 420 g/mol. The molecule has 1 aliphatic rings. The molecule has 1 unspecified atom stereocenters. The number of nitrogens with one attached hydrogen (secondary N) is 1. The Kier molecular flexibility index (Phi) is 9.27. The third-order valence-electron chi connectivity index (χ3n) is 5.59. The van der Waals surface area contributed by atoms with Gasteiger partial charge in [0.2, 0.25) is 15.9 Å². The van der Waals surface area contributed by atoms with Crippen LogP contribution in [0.15, 0.2) is 23.1 Å². The number of hydrogen-bond acceptors (Lipinski definition) is 6. The fourth-order valence-electron chi connectivity index (χ4n) is 3.82. The summed E-state index contributed by atoms with van der Waals surface area (Å²) in [7, 11) is -2.37. The van der Waals surface area contributed by atoms with Crippen molar-refractivity contribution in [3.8, 4) is 5.75 Å². The van der Waals surface area contributed by atoms with Crippen molar-refractivity contribution in [2.75, 3.05) is 46.4 Å². The molecule has 3 N–H and O–H groups in total. The Morgan fingerprint density at radius 2 is 2.00 bits per heavy atom. The van der Waals surface area contributed by atoms with Gasteiger partial charge in [0.15, 0.2) is 0 Å². The van der Waals surface area contributed by atoms with Crippen LogP contribution in [0.4, 0.5) is 0 Å². The molecule has 9 nitrogen and oxygen atoms in total. The minimum Gasteiger partial charge on any atom is -0.495 e. The van der Waals surface area contributed by atoms with Crippen LogP contribution in [0.1, 0.15) is 43.5 Å². The number of amides is 2. The lowest BCUT2D eigenvalue weighted by Gasteiger charge is -2.31. The highest BCUT2D eigenvalue weighted by molar-refractivity contribution is 7.89. The predicted octanol–water partition coefficient (Wildman–Crippen LogP) is 1.04. The van der Waals surface area contributed by atoms with Crippen molar-refractivity contribution < 1.29 is 22.7 Å². The van der Waals surface area contributed by atoms with Gasteiger partial charge in [-0.2, -0.15) is 4.31 Å². The van der Waals surface area contributed by atoms with Gasteiger partial charge in [0.1, 0.15) is 10.6 Å². The van der Waals surface area contributed by atoms with E-state index in [1.54, 1.807) is 19.9 Å². The summed E-state index contributed by atoms with van der Waals surface area (Å²) < 4.78 is 32.4. The molecule has 174 valence electrons. The number of hydrogen-bond donors (Lipinski definition) is 2. The van der Waals surface area contributed by atoms with Crippen LogP contribution in [-0.2, 0) is 14.8 Å². The molecule has 1 fully saturated rings. The summed E-state index contributed by atoms with van der Waals surface area (Å²) in [4.78, 5) is 26.1. The van der Waals surface area contributed by atoms with Crippen molar-refractivity contribution in [2.24, 2.45) is 11.7 Å². The van der Waals surface area contributed by atoms with E-state index < -0.39 is 10.0 Å². The molecule has 1 saturated heterocycles. The highest BCUT2D eigenvalue weighted by Gasteiger charge is 2.27. The first kappa shape index (κ1) is 25.1. The molecule has 0 bridgehead atoms. The summed E-state index contributed by atoms with van der Waals surface area (Å²) in [5.74, 6) is -0.494. The molecule has 10 heteroatoms. The standard InChI is InChI=1S/C21H34N4O5S/c1-4-25(5-2)31(28,29)19-14-16(9-10-18(19)30-3)21(27)23-11-7-13-24-12-6-8-17(15-24)20(22)26/h9-10,14,17H,4-8,11-13,15H2,1-3H3,(H2,22,26)(H,23,27). The van der Waals surface area contributed by atoms with E-state index in [9.17, 15) is 18.0 Å². The van der Waals surface area contributed by atoms with E-state index in [1.165, 1.54) is 23.5 Å². The van der Waals surface area contributed by atoms with Crippen LogP contribution in [0.3, 0.4) is 0 Å². The van der Waals surface area contributed by atoms with Crippen LogP contribution in [0.25, 0.3) is 0 Å². The number of carbonyl (C=O) groups is 2. The molecular formula is C21H34N4O5S. The van der Waals surface area contributed by atoms with Crippen molar-refractivity contribution >= 4 is 21.8 Å². The van der Waals surface area contributed by atoms with Crippen molar-refractivity contribution in [3.05, 3.63) is 23.8 Å². The van der Waals surface area contributed by atoms with Gasteiger partial charge < -0.3 is 20.7 Å². The Morgan fingerprint density at radius 1 is 1.29 bits per heavy atom. The SMILES string of the molecule is CCN(CC)S(=O)(=O)c1cc(C(=O)NCCCN2CCCC(C(N)=O)C2)ccc1OC. The van der Waals surface area contributed by atoms with Crippen LogP contribution in [0, 0.1) is 5.92 Å². The Bertz CT molecular complexity index is 871. The molecule has 1 aromatic carbocycles. The lowest BCUT2D eigenvalue weighted by molar-refractivity contribution is -0.123. The molecule has 31 heavy (non-hydrogen) atoms. The Hall–Kier alpha value is -2.17. The van der Waals surface area contributed by atoms with Crippen molar-refractivity contribution in [1.82, 2.24) is 14.5 Å². The lowest BCUT2D eigenvalue weighted by atomic mass is 9.97. The van der Waals surface area contributed by atoms with Crippen LogP contribution < -0.4 is 15.8 Å². The normalized spacial score (nSPS) is 17.5. The van der Waals surface area contributed by atoms with Crippen LogP contribution in [0.5, 0.6) is 5.75 Å². The van der Waals surface area contributed by atoms with Gasteiger partial charge in [-0.1, -0.05) is 13.8 Å². The first-order valence-corrected chi connectivity index (χ1v) is 12.2. The van der Waals surface area contributed by atoms with E-state index in [1.807, 2.05) is 0 Å². The number of likely N-dealkylation sites (tertiary alicyclic amines) is 1. The molecule has 1 aromatic rings. The summed E-state index contributed by atoms with van der Waals surface area (Å²) in [5, 5.41) is 2.84. The smallest absolute Gasteiger partial charge is 0.251 e. The second kappa shape index (κ2) is 11.4. The molecule has 0 radical (unpaired) electrons. The van der Waals surface area contributed by atoms with E-state index in [-0.39, 0.29) is 33.9 Å². The highest BCUT2D eigenvalue weighted by atomic mass is 32.2. The maximum atomic E-state index is 12.9. The number of primary amides is 1. The molecule has 1 atom stereocenters. The van der Waals surface area contributed by atoms with Gasteiger partial charge in [0, 0.05) is 31.7 Å². The monoisotopic (exact) mass is 454 g/mol. The minimum absolute atomic E-state index is 0.0165. The summed E-state index contributed by atoms with van der Waals surface area (Å²) in [6, 6.07) is 4.42. The predicted molar refractivity (Wildman–Crippen MR) is 118 cm³/mol. The second-order valence-electron chi connectivity index (χ2n) is 7.61. The average molecular weight is 455 g/mol. The van der Waals surface area contributed by atoms with Gasteiger partial charge in [0.05, 0.1) is 13.0 Å². The zero-order chi connectivity index (χ0) is 23.0. The van der Waals surface area contributed by atoms with E-state index in [4.69, 9.17) is 10.5 Å². The van der Waals surface area contributed by atoms with Gasteiger partial charge in [-0.25, -0.2) is 8.42 Å². The molecule has 1 aliphatic heterocycles. The largest absolute Gasteiger partial charge is 0.495 e. The van der Waals surface area contributed by atoms with Gasteiger partial charge in [-0.3, -0.25) is 9.59 Å². The van der Waals surface area contributed by atoms with Gasteiger partial charge in [-0.05, 0) is 50.6 Å². The summed E-state index contributed by atoms with van der Waals surface area (Å²) >= 11 is 0. The molecule has 1 heterocycles. The second-order valence-corrected chi connectivity index (χ2v) is 9.51. The molecule has 0 aliphatic carbocycles. The Balaban J connectivity index is 1.98. The zero-order valence-electron chi connectivity index (χ0n) is 18.6.